The van der Waals surface area contributed by atoms with Gasteiger partial charge in [0, 0.05) is 51.7 Å². The Morgan fingerprint density at radius 1 is 1.09 bits per heavy atom. The quantitative estimate of drug-likeness (QED) is 0.722. The fourth-order valence-electron chi connectivity index (χ4n) is 3.24. The second-order valence-electron chi connectivity index (χ2n) is 6.71. The van der Waals surface area contributed by atoms with Crippen LogP contribution in [0.4, 0.5) is 4.79 Å². The molecule has 2 rings (SSSR count). The van der Waals surface area contributed by atoms with Crippen LogP contribution in [0.1, 0.15) is 32.6 Å². The Hall–Kier alpha value is -1.56. The smallest absolute Gasteiger partial charge is 0.315 e. The molecule has 1 heterocycles. The number of hydrogen-bond acceptors (Lipinski definition) is 3. The molecule has 0 radical (unpaired) electrons. The van der Waals surface area contributed by atoms with E-state index in [0.717, 1.165) is 51.1 Å². The molecule has 1 aliphatic heterocycles. The maximum atomic E-state index is 12.4. The van der Waals surface area contributed by atoms with Crippen molar-refractivity contribution in [1.29, 1.82) is 0 Å². The van der Waals surface area contributed by atoms with Crippen molar-refractivity contribution in [2.75, 3.05) is 45.8 Å². The number of urea groups is 1. The van der Waals surface area contributed by atoms with E-state index in [0.29, 0.717) is 19.0 Å². The summed E-state index contributed by atoms with van der Waals surface area (Å²) in [6.45, 7) is 11.0. The molecule has 2 N–H and O–H groups in total. The monoisotopic (exact) mass is 322 g/mol. The molecule has 0 spiro atoms. The van der Waals surface area contributed by atoms with Crippen LogP contribution in [0, 0.1) is 5.92 Å². The third-order valence-electron chi connectivity index (χ3n) is 4.65. The van der Waals surface area contributed by atoms with Gasteiger partial charge in [0.2, 0.25) is 5.91 Å². The zero-order valence-electron chi connectivity index (χ0n) is 14.3. The molecule has 2 fully saturated rings. The predicted molar refractivity (Wildman–Crippen MR) is 91.2 cm³/mol. The second-order valence-corrected chi connectivity index (χ2v) is 6.71. The lowest BCUT2D eigenvalue weighted by Gasteiger charge is -2.36. The summed E-state index contributed by atoms with van der Waals surface area (Å²) in [6.07, 6.45) is 4.55. The van der Waals surface area contributed by atoms with Crippen molar-refractivity contribution in [3.8, 4) is 0 Å². The van der Waals surface area contributed by atoms with Gasteiger partial charge in [0.05, 0.1) is 0 Å². The van der Waals surface area contributed by atoms with Crippen LogP contribution in [0.5, 0.6) is 0 Å². The molecule has 0 atom stereocenters. The van der Waals surface area contributed by atoms with E-state index in [9.17, 15) is 9.59 Å². The van der Waals surface area contributed by atoms with E-state index in [1.54, 1.807) is 0 Å². The normalized spacial score (nSPS) is 19.6. The summed E-state index contributed by atoms with van der Waals surface area (Å²) in [5.74, 6) is 0.639. The minimum atomic E-state index is -0.150. The van der Waals surface area contributed by atoms with Crippen molar-refractivity contribution < 1.29 is 9.59 Å². The molecule has 0 bridgehead atoms. The van der Waals surface area contributed by atoms with Crippen molar-refractivity contribution in [2.24, 2.45) is 5.92 Å². The summed E-state index contributed by atoms with van der Waals surface area (Å²) >= 11 is 0. The number of nitrogens with zero attached hydrogens (tertiary/aromatic N) is 2. The molecule has 1 aliphatic carbocycles. The Labute approximate surface area is 139 Å². The first-order valence-corrected chi connectivity index (χ1v) is 8.73. The van der Waals surface area contributed by atoms with Crippen LogP contribution >= 0.6 is 0 Å². The van der Waals surface area contributed by atoms with E-state index in [4.69, 9.17) is 0 Å². The minimum absolute atomic E-state index is 0.150. The number of rotatable bonds is 6. The van der Waals surface area contributed by atoms with Crippen molar-refractivity contribution in [1.82, 2.24) is 20.4 Å². The van der Waals surface area contributed by atoms with Crippen LogP contribution in [0.3, 0.4) is 0 Å². The van der Waals surface area contributed by atoms with E-state index in [-0.39, 0.29) is 11.9 Å². The standard InChI is InChI=1S/C17H30N4O2/c1-14(2)13-19-17(23)18-7-8-20-9-11-21(12-10-20)16(22)15-5-3-4-6-15/h15H,1,3-13H2,2H3,(H2,18,19,23). The Morgan fingerprint density at radius 3 is 2.35 bits per heavy atom. The molecule has 2 aliphatic rings. The highest BCUT2D eigenvalue weighted by molar-refractivity contribution is 5.79. The number of carbonyl (C=O) groups excluding carboxylic acids is 2. The van der Waals surface area contributed by atoms with Gasteiger partial charge in [0.25, 0.3) is 0 Å². The molecule has 6 heteroatoms. The van der Waals surface area contributed by atoms with Crippen molar-refractivity contribution >= 4 is 11.9 Å². The van der Waals surface area contributed by atoms with Gasteiger partial charge in [0.1, 0.15) is 0 Å². The van der Waals surface area contributed by atoms with Gasteiger partial charge >= 0.3 is 6.03 Å². The van der Waals surface area contributed by atoms with Crippen molar-refractivity contribution in [3.63, 3.8) is 0 Å². The Bertz CT molecular complexity index is 424. The van der Waals surface area contributed by atoms with E-state index in [1.165, 1.54) is 12.8 Å². The molecule has 130 valence electrons. The van der Waals surface area contributed by atoms with Crippen LogP contribution < -0.4 is 10.6 Å². The lowest BCUT2D eigenvalue weighted by atomic mass is 10.1. The lowest BCUT2D eigenvalue weighted by molar-refractivity contribution is -0.137. The van der Waals surface area contributed by atoms with Gasteiger partial charge in [-0.05, 0) is 19.8 Å². The lowest BCUT2D eigenvalue weighted by Crippen LogP contribution is -2.51. The second kappa shape index (κ2) is 8.91. The van der Waals surface area contributed by atoms with E-state index < -0.39 is 0 Å². The number of nitrogens with one attached hydrogen (secondary N) is 2. The van der Waals surface area contributed by atoms with Crippen molar-refractivity contribution in [2.45, 2.75) is 32.6 Å². The summed E-state index contributed by atoms with van der Waals surface area (Å²) in [5.41, 5.74) is 0.934. The van der Waals surface area contributed by atoms with Crippen LogP contribution in [0.2, 0.25) is 0 Å². The molecular weight excluding hydrogens is 292 g/mol. The molecule has 6 nitrogen and oxygen atoms in total. The van der Waals surface area contributed by atoms with Crippen LogP contribution in [-0.2, 0) is 4.79 Å². The van der Waals surface area contributed by atoms with Gasteiger partial charge in [-0.1, -0.05) is 25.0 Å². The van der Waals surface area contributed by atoms with Gasteiger partial charge in [-0.3, -0.25) is 9.69 Å². The van der Waals surface area contributed by atoms with E-state index in [2.05, 4.69) is 22.1 Å². The Kier molecular flexibility index (Phi) is 6.89. The molecule has 23 heavy (non-hydrogen) atoms. The average Bonchev–Trinajstić information content (AvgIpc) is 3.07. The van der Waals surface area contributed by atoms with Gasteiger partial charge in [0.15, 0.2) is 0 Å². The van der Waals surface area contributed by atoms with E-state index in [1.807, 2.05) is 11.8 Å². The van der Waals surface area contributed by atoms with Crippen LogP contribution in [0.25, 0.3) is 0 Å². The summed E-state index contributed by atoms with van der Waals surface area (Å²) < 4.78 is 0. The fraction of sp³-hybridized carbons (Fsp3) is 0.765. The topological polar surface area (TPSA) is 64.7 Å². The molecule has 0 aromatic carbocycles. The fourth-order valence-corrected chi connectivity index (χ4v) is 3.24. The molecular formula is C17H30N4O2. The first-order valence-electron chi connectivity index (χ1n) is 8.73. The Morgan fingerprint density at radius 2 is 1.74 bits per heavy atom. The number of carbonyl (C=O) groups is 2. The highest BCUT2D eigenvalue weighted by Crippen LogP contribution is 2.26. The summed E-state index contributed by atoms with van der Waals surface area (Å²) in [7, 11) is 0. The minimum Gasteiger partial charge on any atom is -0.340 e. The largest absolute Gasteiger partial charge is 0.340 e. The molecule has 0 aromatic rings. The molecule has 0 aromatic heterocycles. The average molecular weight is 322 g/mol. The van der Waals surface area contributed by atoms with Crippen LogP contribution in [-0.4, -0.2) is 67.6 Å². The SMILES string of the molecule is C=C(C)CNC(=O)NCCN1CCN(C(=O)C2CCCC2)CC1. The van der Waals surface area contributed by atoms with Crippen LogP contribution in [0.15, 0.2) is 12.2 Å². The summed E-state index contributed by atoms with van der Waals surface area (Å²) in [4.78, 5) is 28.2. The molecule has 0 unspecified atom stereocenters. The molecule has 3 amide bonds. The van der Waals surface area contributed by atoms with Crippen molar-refractivity contribution in [3.05, 3.63) is 12.2 Å². The third-order valence-corrected chi connectivity index (χ3v) is 4.65. The molecule has 1 saturated heterocycles. The zero-order chi connectivity index (χ0) is 16.7. The predicted octanol–water partition coefficient (Wildman–Crippen LogP) is 1.20. The maximum absolute atomic E-state index is 12.4. The summed E-state index contributed by atoms with van der Waals surface area (Å²) in [5, 5.41) is 5.60. The van der Waals surface area contributed by atoms with E-state index >= 15 is 0 Å². The maximum Gasteiger partial charge on any atom is 0.315 e. The van der Waals surface area contributed by atoms with Gasteiger partial charge < -0.3 is 15.5 Å². The highest BCUT2D eigenvalue weighted by Gasteiger charge is 2.29. The first-order chi connectivity index (χ1) is 11.1. The summed E-state index contributed by atoms with van der Waals surface area (Å²) in [6, 6.07) is -0.150. The zero-order valence-corrected chi connectivity index (χ0v) is 14.3. The Balaban J connectivity index is 1.58. The first kappa shape index (κ1) is 17.8. The number of amides is 3. The van der Waals surface area contributed by atoms with Gasteiger partial charge in [-0.15, -0.1) is 0 Å². The number of hydrogen-bond donors (Lipinski definition) is 2. The molecule has 1 saturated carbocycles. The van der Waals surface area contributed by atoms with Gasteiger partial charge in [-0.2, -0.15) is 0 Å². The highest BCUT2D eigenvalue weighted by atomic mass is 16.2. The third kappa shape index (κ3) is 5.86. The van der Waals surface area contributed by atoms with Gasteiger partial charge in [-0.25, -0.2) is 4.79 Å². The number of piperazine rings is 1.